The molecule has 0 N–H and O–H groups in total. The minimum Gasteiger partial charge on any atom is -0.463 e. The molecule has 0 rings (SSSR count). The molecule has 0 saturated carbocycles. The fourth-order valence-corrected chi connectivity index (χ4v) is 0.201. The highest BCUT2D eigenvalue weighted by Crippen LogP contribution is 1.74. The van der Waals surface area contributed by atoms with Gasteiger partial charge in [-0.3, -0.25) is 0 Å². The second-order valence-corrected chi connectivity index (χ2v) is 1.65. The van der Waals surface area contributed by atoms with Crippen LogP contribution in [0.3, 0.4) is 0 Å². The minimum atomic E-state index is -0.359. The van der Waals surface area contributed by atoms with E-state index in [9.17, 15) is 4.79 Å². The number of hydrogen-bond acceptors (Lipinski definition) is 2. The van der Waals surface area contributed by atoms with E-state index in [1.165, 1.54) is 0 Å². The maximum absolute atomic E-state index is 10.1. The van der Waals surface area contributed by atoms with Crippen LogP contribution in [0.1, 0.15) is 20.3 Å². The molecule has 0 aliphatic heterocycles. The lowest BCUT2D eigenvalue weighted by Crippen LogP contribution is -1.97. The van der Waals surface area contributed by atoms with E-state index in [4.69, 9.17) is 0 Å². The van der Waals surface area contributed by atoms with Gasteiger partial charge in [-0.15, -0.1) is 19.7 Å². The number of rotatable bonds is 3. The number of allylic oxidation sites excluding steroid dienone is 1. The molecule has 0 unspecified atom stereocenters. The second-order valence-electron chi connectivity index (χ2n) is 1.65. The van der Waals surface area contributed by atoms with Crippen LogP contribution in [0.4, 0.5) is 0 Å². The first-order chi connectivity index (χ1) is 6.22. The molecule has 2 heteroatoms. The maximum Gasteiger partial charge on any atom is 0.330 e. The third-order valence-electron chi connectivity index (χ3n) is 0.742. The van der Waals surface area contributed by atoms with Crippen molar-refractivity contribution in [3.05, 3.63) is 38.5 Å². The van der Waals surface area contributed by atoms with Crippen LogP contribution in [0.15, 0.2) is 38.5 Å². The predicted molar refractivity (Wildman–Crippen MR) is 58.6 cm³/mol. The minimum absolute atomic E-state index is 0.359. The van der Waals surface area contributed by atoms with Crippen molar-refractivity contribution in [1.29, 1.82) is 0 Å². The molecule has 0 saturated heterocycles. The van der Waals surface area contributed by atoms with Crippen molar-refractivity contribution in [3.63, 3.8) is 0 Å². The Kier molecular flexibility index (Phi) is 30.5. The number of ether oxygens (including phenoxy) is 1. The van der Waals surface area contributed by atoms with Gasteiger partial charge in [0.15, 0.2) is 0 Å². The molecule has 0 fully saturated rings. The molecule has 0 aliphatic rings. The Balaban J connectivity index is -0.000000142. The summed E-state index contributed by atoms with van der Waals surface area (Å²) >= 11 is 0. The number of carbonyl (C=O) groups is 1. The number of hydrogen-bond donors (Lipinski definition) is 0. The van der Waals surface area contributed by atoms with Gasteiger partial charge in [0.05, 0.1) is 6.61 Å². The van der Waals surface area contributed by atoms with Crippen LogP contribution < -0.4 is 0 Å². The maximum atomic E-state index is 10.1. The van der Waals surface area contributed by atoms with Gasteiger partial charge in [-0.25, -0.2) is 4.79 Å². The summed E-state index contributed by atoms with van der Waals surface area (Å²) in [7, 11) is 0. The van der Waals surface area contributed by atoms with Crippen LogP contribution in [0, 0.1) is 0 Å². The summed E-state index contributed by atoms with van der Waals surface area (Å²) in [5.74, 6) is -0.359. The van der Waals surface area contributed by atoms with Crippen molar-refractivity contribution in [2.45, 2.75) is 20.3 Å². The van der Waals surface area contributed by atoms with Crippen molar-refractivity contribution < 1.29 is 9.53 Å². The Hall–Kier alpha value is -1.31. The summed E-state index contributed by atoms with van der Waals surface area (Å²) in [6, 6.07) is 0. The standard InChI is InChI=1S/C5H8O2.C4H8.C2H4/c1-3-5(6)7-4-2;1-3-4-2;1-2/h3H,1,4H2,2H3;3H,1,4H2,2H3;1-2H2. The summed E-state index contributed by atoms with van der Waals surface area (Å²) in [6.07, 6.45) is 4.10. The van der Waals surface area contributed by atoms with Gasteiger partial charge in [0, 0.05) is 6.08 Å². The molecule has 0 aromatic carbocycles. The molecular formula is C11H20O2. The Bertz CT molecular complexity index is 128. The summed E-state index contributed by atoms with van der Waals surface area (Å²) in [5.41, 5.74) is 0. The van der Waals surface area contributed by atoms with Crippen LogP contribution in [0.5, 0.6) is 0 Å². The Morgan fingerprint density at radius 3 is 1.77 bits per heavy atom. The van der Waals surface area contributed by atoms with Gasteiger partial charge >= 0.3 is 5.97 Å². The quantitative estimate of drug-likeness (QED) is 0.382. The van der Waals surface area contributed by atoms with Gasteiger partial charge in [-0.2, -0.15) is 0 Å². The van der Waals surface area contributed by atoms with Crippen molar-refractivity contribution in [3.8, 4) is 0 Å². The van der Waals surface area contributed by atoms with Gasteiger partial charge in [-0.05, 0) is 13.3 Å². The smallest absolute Gasteiger partial charge is 0.330 e. The molecule has 0 amide bonds. The lowest BCUT2D eigenvalue weighted by atomic mass is 10.5. The van der Waals surface area contributed by atoms with E-state index in [2.05, 4.69) is 38.0 Å². The Morgan fingerprint density at radius 1 is 1.31 bits per heavy atom. The first-order valence-electron chi connectivity index (χ1n) is 4.12. The van der Waals surface area contributed by atoms with Gasteiger partial charge in [0.25, 0.3) is 0 Å². The van der Waals surface area contributed by atoms with E-state index in [-0.39, 0.29) is 5.97 Å². The summed E-state index contributed by atoms with van der Waals surface area (Å²) < 4.78 is 4.43. The van der Waals surface area contributed by atoms with Crippen molar-refractivity contribution >= 4 is 5.97 Å². The predicted octanol–water partition coefficient (Wildman–Crippen LogP) is 3.12. The monoisotopic (exact) mass is 184 g/mol. The van der Waals surface area contributed by atoms with E-state index in [1.54, 1.807) is 6.92 Å². The average Bonchev–Trinajstić information content (AvgIpc) is 2.21. The van der Waals surface area contributed by atoms with Crippen LogP contribution in [-0.2, 0) is 9.53 Å². The van der Waals surface area contributed by atoms with Crippen molar-refractivity contribution in [1.82, 2.24) is 0 Å². The normalized spacial score (nSPS) is 6.31. The van der Waals surface area contributed by atoms with Crippen LogP contribution in [-0.4, -0.2) is 12.6 Å². The molecular weight excluding hydrogens is 164 g/mol. The van der Waals surface area contributed by atoms with Gasteiger partial charge in [0.1, 0.15) is 0 Å². The van der Waals surface area contributed by atoms with E-state index in [0.717, 1.165) is 12.5 Å². The molecule has 0 aliphatic carbocycles. The third kappa shape index (κ3) is 36.7. The summed E-state index contributed by atoms with van der Waals surface area (Å²) in [5, 5.41) is 0. The third-order valence-corrected chi connectivity index (χ3v) is 0.742. The SMILES string of the molecule is C=C.C=CC(=O)OCC.C=CCC. The van der Waals surface area contributed by atoms with Crippen molar-refractivity contribution in [2.24, 2.45) is 0 Å². The van der Waals surface area contributed by atoms with Crippen molar-refractivity contribution in [2.75, 3.05) is 6.61 Å². The first-order valence-corrected chi connectivity index (χ1v) is 4.12. The largest absolute Gasteiger partial charge is 0.463 e. The average molecular weight is 184 g/mol. The zero-order chi connectivity index (χ0) is 11.1. The zero-order valence-electron chi connectivity index (χ0n) is 8.71. The number of carbonyl (C=O) groups excluding carboxylic acids is 1. The molecule has 76 valence electrons. The van der Waals surface area contributed by atoms with E-state index in [1.807, 2.05) is 6.08 Å². The second kappa shape index (κ2) is 22.4. The number of esters is 1. The molecule has 0 spiro atoms. The molecule has 13 heavy (non-hydrogen) atoms. The molecule has 0 radical (unpaired) electrons. The topological polar surface area (TPSA) is 26.3 Å². The molecule has 0 bridgehead atoms. The fourth-order valence-electron chi connectivity index (χ4n) is 0.201. The zero-order valence-corrected chi connectivity index (χ0v) is 8.71. The molecule has 2 nitrogen and oxygen atoms in total. The lowest BCUT2D eigenvalue weighted by molar-refractivity contribution is -0.137. The summed E-state index contributed by atoms with van der Waals surface area (Å²) in [6.45, 7) is 16.9. The molecule has 0 heterocycles. The van der Waals surface area contributed by atoms with Gasteiger partial charge in [-0.1, -0.05) is 19.6 Å². The highest BCUT2D eigenvalue weighted by atomic mass is 16.5. The van der Waals surface area contributed by atoms with Crippen LogP contribution in [0.25, 0.3) is 0 Å². The first kappa shape index (κ1) is 17.7. The summed E-state index contributed by atoms with van der Waals surface area (Å²) in [4.78, 5) is 10.1. The van der Waals surface area contributed by atoms with E-state index < -0.39 is 0 Å². The molecule has 0 atom stereocenters. The van der Waals surface area contributed by atoms with Gasteiger partial charge < -0.3 is 4.74 Å². The highest BCUT2D eigenvalue weighted by Gasteiger charge is 1.86. The Morgan fingerprint density at radius 2 is 1.69 bits per heavy atom. The molecule has 0 aromatic heterocycles. The lowest BCUT2D eigenvalue weighted by Gasteiger charge is -1.90. The van der Waals surface area contributed by atoms with E-state index >= 15 is 0 Å². The fraction of sp³-hybridized carbons (Fsp3) is 0.364. The van der Waals surface area contributed by atoms with Crippen LogP contribution in [0.2, 0.25) is 0 Å². The van der Waals surface area contributed by atoms with Gasteiger partial charge in [0.2, 0.25) is 0 Å². The highest BCUT2D eigenvalue weighted by molar-refractivity contribution is 5.81. The van der Waals surface area contributed by atoms with E-state index in [0.29, 0.717) is 6.61 Å². The molecule has 0 aromatic rings. The Labute approximate surface area is 81.6 Å². The van der Waals surface area contributed by atoms with Crippen LogP contribution >= 0.6 is 0 Å².